The molecule has 0 bridgehead atoms. The van der Waals surface area contributed by atoms with Gasteiger partial charge >= 0.3 is 0 Å². The second kappa shape index (κ2) is 8.83. The number of likely N-dealkylation sites (N-methyl/N-ethyl adjacent to an activating group) is 1. The highest BCUT2D eigenvalue weighted by Gasteiger charge is 2.09. The van der Waals surface area contributed by atoms with E-state index in [-0.39, 0.29) is 17.2 Å². The summed E-state index contributed by atoms with van der Waals surface area (Å²) in [6.45, 7) is 1.81. The van der Waals surface area contributed by atoms with E-state index in [1.165, 1.54) is 16.8 Å². The molecule has 0 radical (unpaired) electrons. The highest BCUT2D eigenvalue weighted by molar-refractivity contribution is 5.92. The molecule has 0 aliphatic carbocycles. The van der Waals surface area contributed by atoms with Crippen molar-refractivity contribution < 1.29 is 9.53 Å². The highest BCUT2D eigenvalue weighted by Crippen LogP contribution is 2.09. The number of rotatable bonds is 8. The van der Waals surface area contributed by atoms with Crippen molar-refractivity contribution in [1.29, 1.82) is 0 Å². The van der Waals surface area contributed by atoms with Crippen LogP contribution in [0.3, 0.4) is 0 Å². The van der Waals surface area contributed by atoms with Crippen LogP contribution in [0.1, 0.15) is 10.5 Å². The number of para-hydroxylation sites is 1. The van der Waals surface area contributed by atoms with Crippen molar-refractivity contribution in [3.63, 3.8) is 0 Å². The van der Waals surface area contributed by atoms with Crippen LogP contribution in [0.15, 0.2) is 47.3 Å². The van der Waals surface area contributed by atoms with Crippen LogP contribution in [0.4, 0.5) is 5.69 Å². The number of carbonyl (C=O) groups is 1. The van der Waals surface area contributed by atoms with E-state index in [0.717, 1.165) is 5.69 Å². The fourth-order valence-corrected chi connectivity index (χ4v) is 2.15. The van der Waals surface area contributed by atoms with Gasteiger partial charge in [-0.3, -0.25) is 9.59 Å². The van der Waals surface area contributed by atoms with E-state index >= 15 is 0 Å². The zero-order valence-corrected chi connectivity index (χ0v) is 13.9. The van der Waals surface area contributed by atoms with Crippen LogP contribution in [0.25, 0.3) is 0 Å². The molecule has 0 spiro atoms. The molecule has 128 valence electrons. The summed E-state index contributed by atoms with van der Waals surface area (Å²) >= 11 is 0. The summed E-state index contributed by atoms with van der Waals surface area (Å²) in [5.74, 6) is -0.303. The topological polar surface area (TPSA) is 76.5 Å². The zero-order chi connectivity index (χ0) is 17.4. The Labute approximate surface area is 140 Å². The lowest BCUT2D eigenvalue weighted by Gasteiger charge is -2.19. The summed E-state index contributed by atoms with van der Waals surface area (Å²) in [6.07, 6.45) is 0. The minimum atomic E-state index is -0.303. The average molecular weight is 330 g/mol. The largest absolute Gasteiger partial charge is 0.383 e. The fourth-order valence-electron chi connectivity index (χ4n) is 2.15. The molecule has 0 aliphatic heterocycles. The van der Waals surface area contributed by atoms with Crippen molar-refractivity contribution in [1.82, 2.24) is 15.1 Å². The summed E-state index contributed by atoms with van der Waals surface area (Å²) in [7, 11) is 3.51. The first-order valence-corrected chi connectivity index (χ1v) is 7.73. The average Bonchev–Trinajstić information content (AvgIpc) is 2.61. The van der Waals surface area contributed by atoms with Crippen LogP contribution in [0.2, 0.25) is 0 Å². The van der Waals surface area contributed by atoms with Crippen molar-refractivity contribution in [2.24, 2.45) is 0 Å². The lowest BCUT2D eigenvalue weighted by molar-refractivity contribution is 0.0946. The minimum absolute atomic E-state index is 0.216. The highest BCUT2D eigenvalue weighted by atomic mass is 16.5. The van der Waals surface area contributed by atoms with E-state index < -0.39 is 0 Å². The molecule has 1 amide bonds. The lowest BCUT2D eigenvalue weighted by atomic mass is 10.3. The lowest BCUT2D eigenvalue weighted by Crippen LogP contribution is -2.35. The molecule has 0 saturated heterocycles. The van der Waals surface area contributed by atoms with Crippen molar-refractivity contribution in [2.75, 3.05) is 38.8 Å². The van der Waals surface area contributed by atoms with E-state index in [1.54, 1.807) is 7.11 Å². The molecule has 0 atom stereocenters. The quantitative estimate of drug-likeness (QED) is 0.773. The number of aromatic nitrogens is 2. The molecule has 2 aromatic rings. The first-order valence-electron chi connectivity index (χ1n) is 7.73. The number of amides is 1. The smallest absolute Gasteiger partial charge is 0.271 e. The molecule has 1 aromatic heterocycles. The number of hydrogen-bond acceptors (Lipinski definition) is 5. The molecule has 0 unspecified atom stereocenters. The standard InChI is InChI=1S/C17H22N4O3/c1-20(14-6-4-3-5-7-14)11-10-18-17(23)15-8-9-16(22)21(19-15)12-13-24-2/h3-9H,10-13H2,1-2H3,(H,18,23). The molecule has 1 heterocycles. The summed E-state index contributed by atoms with van der Waals surface area (Å²) in [6, 6.07) is 12.7. The maximum atomic E-state index is 12.2. The maximum Gasteiger partial charge on any atom is 0.271 e. The molecule has 24 heavy (non-hydrogen) atoms. The van der Waals surface area contributed by atoms with Crippen LogP contribution < -0.4 is 15.8 Å². The SMILES string of the molecule is COCCn1nc(C(=O)NCCN(C)c2ccccc2)ccc1=O. The van der Waals surface area contributed by atoms with E-state index in [2.05, 4.69) is 10.4 Å². The predicted octanol–water partition coefficient (Wildman–Crippen LogP) is 0.756. The van der Waals surface area contributed by atoms with Crippen LogP contribution in [-0.2, 0) is 11.3 Å². The molecule has 2 rings (SSSR count). The summed E-state index contributed by atoms with van der Waals surface area (Å²) in [5.41, 5.74) is 1.04. The third-order valence-corrected chi connectivity index (χ3v) is 3.54. The Balaban J connectivity index is 1.89. The van der Waals surface area contributed by atoms with Gasteiger partial charge in [0.1, 0.15) is 5.69 Å². The Morgan fingerprint density at radius 3 is 2.71 bits per heavy atom. The van der Waals surface area contributed by atoms with Gasteiger partial charge in [-0.05, 0) is 18.2 Å². The van der Waals surface area contributed by atoms with Gasteiger partial charge in [0, 0.05) is 39.0 Å². The Morgan fingerprint density at radius 2 is 2.00 bits per heavy atom. The third-order valence-electron chi connectivity index (χ3n) is 3.54. The Kier molecular flexibility index (Phi) is 6.51. The number of ether oxygens (including phenoxy) is 1. The van der Waals surface area contributed by atoms with E-state index in [4.69, 9.17) is 4.74 Å². The normalized spacial score (nSPS) is 10.4. The van der Waals surface area contributed by atoms with Crippen molar-refractivity contribution in [3.05, 3.63) is 58.5 Å². The fraction of sp³-hybridized carbons (Fsp3) is 0.353. The van der Waals surface area contributed by atoms with Crippen LogP contribution in [0, 0.1) is 0 Å². The molecule has 0 aliphatic rings. The summed E-state index contributed by atoms with van der Waals surface area (Å²) in [5, 5.41) is 6.88. The molecular formula is C17H22N4O3. The monoisotopic (exact) mass is 330 g/mol. The molecule has 7 heteroatoms. The molecule has 0 fully saturated rings. The van der Waals surface area contributed by atoms with Gasteiger partial charge in [0.15, 0.2) is 0 Å². The Morgan fingerprint density at radius 1 is 1.25 bits per heavy atom. The van der Waals surface area contributed by atoms with E-state index in [1.807, 2.05) is 42.3 Å². The number of carbonyl (C=O) groups excluding carboxylic acids is 1. The molecular weight excluding hydrogens is 308 g/mol. The van der Waals surface area contributed by atoms with Gasteiger partial charge in [0.05, 0.1) is 13.2 Å². The van der Waals surface area contributed by atoms with Gasteiger partial charge in [0.2, 0.25) is 0 Å². The second-order valence-electron chi connectivity index (χ2n) is 5.29. The Bertz CT molecular complexity index is 715. The van der Waals surface area contributed by atoms with Crippen molar-refractivity contribution in [2.45, 2.75) is 6.54 Å². The number of nitrogens with one attached hydrogen (secondary N) is 1. The maximum absolute atomic E-state index is 12.2. The van der Waals surface area contributed by atoms with Gasteiger partial charge in [-0.1, -0.05) is 18.2 Å². The summed E-state index contributed by atoms with van der Waals surface area (Å²) < 4.78 is 6.16. The zero-order valence-electron chi connectivity index (χ0n) is 13.9. The van der Waals surface area contributed by atoms with Crippen molar-refractivity contribution in [3.8, 4) is 0 Å². The third kappa shape index (κ3) is 4.92. The van der Waals surface area contributed by atoms with Gasteiger partial charge < -0.3 is 15.0 Å². The minimum Gasteiger partial charge on any atom is -0.383 e. The van der Waals surface area contributed by atoms with Crippen LogP contribution >= 0.6 is 0 Å². The number of hydrogen-bond donors (Lipinski definition) is 1. The first-order chi connectivity index (χ1) is 11.6. The number of methoxy groups -OCH3 is 1. The first kappa shape index (κ1) is 17.7. The van der Waals surface area contributed by atoms with E-state index in [9.17, 15) is 9.59 Å². The van der Waals surface area contributed by atoms with E-state index in [0.29, 0.717) is 26.2 Å². The molecule has 0 saturated carbocycles. The summed E-state index contributed by atoms with van der Waals surface area (Å²) in [4.78, 5) is 25.9. The van der Waals surface area contributed by atoms with Crippen LogP contribution in [0.5, 0.6) is 0 Å². The number of nitrogens with zero attached hydrogens (tertiary/aromatic N) is 3. The Hall–Kier alpha value is -2.67. The van der Waals surface area contributed by atoms with Gasteiger partial charge in [0.25, 0.3) is 11.5 Å². The second-order valence-corrected chi connectivity index (χ2v) is 5.29. The number of anilines is 1. The predicted molar refractivity (Wildman–Crippen MR) is 92.4 cm³/mol. The molecule has 1 aromatic carbocycles. The number of benzene rings is 1. The molecule has 1 N–H and O–H groups in total. The van der Waals surface area contributed by atoms with Crippen molar-refractivity contribution >= 4 is 11.6 Å². The molecule has 7 nitrogen and oxygen atoms in total. The van der Waals surface area contributed by atoms with Gasteiger partial charge in [-0.2, -0.15) is 5.10 Å². The van der Waals surface area contributed by atoms with Crippen LogP contribution in [-0.4, -0.2) is 49.5 Å². The van der Waals surface area contributed by atoms with Gasteiger partial charge in [-0.25, -0.2) is 4.68 Å². The van der Waals surface area contributed by atoms with Gasteiger partial charge in [-0.15, -0.1) is 0 Å².